The number of furan rings is 1. The third-order valence-corrected chi connectivity index (χ3v) is 3.12. The zero-order valence-corrected chi connectivity index (χ0v) is 12.2. The number of nitrogens with one attached hydrogen (secondary N) is 2. The highest BCUT2D eigenvalue weighted by Gasteiger charge is 2.17. The summed E-state index contributed by atoms with van der Waals surface area (Å²) in [6.07, 6.45) is 4.62. The summed E-state index contributed by atoms with van der Waals surface area (Å²) in [4.78, 5) is 18.5. The number of carbonyl (C=O) groups excluding carboxylic acids is 1. The number of nitrogens with zero attached hydrogens (tertiary/aromatic N) is 3. The Balaban J connectivity index is 1.79. The molecule has 22 heavy (non-hydrogen) atoms. The van der Waals surface area contributed by atoms with Gasteiger partial charge in [-0.05, 0) is 24.3 Å². The minimum atomic E-state index is -0.278. The van der Waals surface area contributed by atoms with Gasteiger partial charge in [0, 0.05) is 14.1 Å². The molecule has 1 amide bonds. The molecule has 0 aromatic carbocycles. The van der Waals surface area contributed by atoms with Crippen LogP contribution in [-0.2, 0) is 0 Å². The van der Waals surface area contributed by atoms with E-state index in [1.54, 1.807) is 30.7 Å². The number of anilines is 2. The number of H-pyrrole nitrogens is 1. The van der Waals surface area contributed by atoms with Crippen molar-refractivity contribution in [1.82, 2.24) is 15.2 Å². The summed E-state index contributed by atoms with van der Waals surface area (Å²) in [6.45, 7) is 0. The molecule has 0 saturated heterocycles. The van der Waals surface area contributed by atoms with Crippen LogP contribution in [0.2, 0.25) is 0 Å². The van der Waals surface area contributed by atoms with Crippen LogP contribution >= 0.6 is 0 Å². The molecule has 0 unspecified atom stereocenters. The summed E-state index contributed by atoms with van der Waals surface area (Å²) >= 11 is 0. The molecule has 0 atom stereocenters. The van der Waals surface area contributed by atoms with Crippen molar-refractivity contribution >= 4 is 17.4 Å². The van der Waals surface area contributed by atoms with Crippen LogP contribution < -0.4 is 10.2 Å². The molecule has 112 valence electrons. The van der Waals surface area contributed by atoms with Crippen LogP contribution in [0, 0.1) is 0 Å². The molecule has 0 radical (unpaired) electrons. The fraction of sp³-hybridized carbons (Fsp3) is 0.133. The standard InChI is InChI=1S/C15H15N5O2/c1-20(2)13-6-5-10(8-16-13)18-15(21)11-9-17-19-14(11)12-4-3-7-22-12/h3-9H,1-2H3,(H,17,19)(H,18,21). The number of hydrogen-bond acceptors (Lipinski definition) is 5. The summed E-state index contributed by atoms with van der Waals surface area (Å²) in [5.41, 5.74) is 1.56. The molecule has 0 aliphatic heterocycles. The van der Waals surface area contributed by atoms with Crippen molar-refractivity contribution in [3.8, 4) is 11.5 Å². The summed E-state index contributed by atoms with van der Waals surface area (Å²) in [6, 6.07) is 7.14. The van der Waals surface area contributed by atoms with Crippen LogP contribution in [0.15, 0.2) is 47.3 Å². The van der Waals surface area contributed by atoms with Crippen molar-refractivity contribution < 1.29 is 9.21 Å². The summed E-state index contributed by atoms with van der Waals surface area (Å²) in [5, 5.41) is 9.47. The first-order valence-electron chi connectivity index (χ1n) is 6.67. The Labute approximate surface area is 127 Å². The smallest absolute Gasteiger partial charge is 0.259 e. The predicted octanol–water partition coefficient (Wildman–Crippen LogP) is 2.38. The second-order valence-corrected chi connectivity index (χ2v) is 4.89. The molecule has 2 N–H and O–H groups in total. The Morgan fingerprint density at radius 2 is 2.14 bits per heavy atom. The van der Waals surface area contributed by atoms with E-state index in [0.29, 0.717) is 22.7 Å². The van der Waals surface area contributed by atoms with Gasteiger partial charge < -0.3 is 14.6 Å². The van der Waals surface area contributed by atoms with E-state index in [9.17, 15) is 4.79 Å². The zero-order chi connectivity index (χ0) is 15.5. The SMILES string of the molecule is CN(C)c1ccc(NC(=O)c2cn[nH]c2-c2ccco2)cn1. The maximum atomic E-state index is 12.4. The number of aromatic amines is 1. The van der Waals surface area contributed by atoms with Crippen LogP contribution in [0.3, 0.4) is 0 Å². The number of pyridine rings is 1. The van der Waals surface area contributed by atoms with Crippen molar-refractivity contribution in [2.24, 2.45) is 0 Å². The molecule has 3 aromatic heterocycles. The fourth-order valence-corrected chi connectivity index (χ4v) is 1.99. The third kappa shape index (κ3) is 2.69. The van der Waals surface area contributed by atoms with Gasteiger partial charge in [0.05, 0.1) is 29.9 Å². The minimum Gasteiger partial charge on any atom is -0.463 e. The van der Waals surface area contributed by atoms with Gasteiger partial charge in [0.25, 0.3) is 5.91 Å². The number of hydrogen-bond donors (Lipinski definition) is 2. The molecule has 0 fully saturated rings. The summed E-state index contributed by atoms with van der Waals surface area (Å²) in [5.74, 6) is 1.10. The van der Waals surface area contributed by atoms with E-state index >= 15 is 0 Å². The van der Waals surface area contributed by atoms with Crippen LogP contribution in [0.4, 0.5) is 11.5 Å². The number of amides is 1. The lowest BCUT2D eigenvalue weighted by Gasteiger charge is -2.11. The molecule has 3 aromatic rings. The van der Waals surface area contributed by atoms with Gasteiger partial charge in [-0.1, -0.05) is 0 Å². The number of rotatable bonds is 4. The highest BCUT2D eigenvalue weighted by molar-refractivity contribution is 6.07. The van der Waals surface area contributed by atoms with Crippen LogP contribution in [-0.4, -0.2) is 35.2 Å². The van der Waals surface area contributed by atoms with E-state index in [2.05, 4.69) is 20.5 Å². The average molecular weight is 297 g/mol. The second-order valence-electron chi connectivity index (χ2n) is 4.89. The third-order valence-electron chi connectivity index (χ3n) is 3.12. The first-order valence-corrected chi connectivity index (χ1v) is 6.67. The highest BCUT2D eigenvalue weighted by atomic mass is 16.3. The fourth-order valence-electron chi connectivity index (χ4n) is 1.99. The lowest BCUT2D eigenvalue weighted by molar-refractivity contribution is 0.102. The van der Waals surface area contributed by atoms with Gasteiger partial charge in [0.1, 0.15) is 11.5 Å². The first kappa shape index (κ1) is 13.9. The van der Waals surface area contributed by atoms with Crippen molar-refractivity contribution in [1.29, 1.82) is 0 Å². The lowest BCUT2D eigenvalue weighted by Crippen LogP contribution is -2.14. The van der Waals surface area contributed by atoms with Crippen molar-refractivity contribution in [3.63, 3.8) is 0 Å². The largest absolute Gasteiger partial charge is 0.463 e. The Morgan fingerprint density at radius 3 is 2.77 bits per heavy atom. The number of aromatic nitrogens is 3. The molecule has 0 bridgehead atoms. The molecule has 0 aliphatic carbocycles. The number of carbonyl (C=O) groups is 1. The Hall–Kier alpha value is -3.09. The second kappa shape index (κ2) is 5.72. The van der Waals surface area contributed by atoms with E-state index in [1.165, 1.54) is 6.20 Å². The summed E-state index contributed by atoms with van der Waals surface area (Å²) in [7, 11) is 3.81. The molecule has 7 nitrogen and oxygen atoms in total. The van der Waals surface area contributed by atoms with Crippen molar-refractivity contribution in [3.05, 3.63) is 48.5 Å². The predicted molar refractivity (Wildman–Crippen MR) is 82.8 cm³/mol. The molecular weight excluding hydrogens is 282 g/mol. The molecule has 7 heteroatoms. The molecule has 0 aliphatic rings. The van der Waals surface area contributed by atoms with Gasteiger partial charge >= 0.3 is 0 Å². The molecular formula is C15H15N5O2. The van der Waals surface area contributed by atoms with Gasteiger partial charge in [-0.3, -0.25) is 9.89 Å². The molecule has 0 saturated carbocycles. The van der Waals surface area contributed by atoms with Crippen LogP contribution in [0.1, 0.15) is 10.4 Å². The quantitative estimate of drug-likeness (QED) is 0.772. The van der Waals surface area contributed by atoms with E-state index in [-0.39, 0.29) is 5.91 Å². The van der Waals surface area contributed by atoms with E-state index in [0.717, 1.165) is 5.82 Å². The van der Waals surface area contributed by atoms with Gasteiger partial charge in [0.2, 0.25) is 0 Å². The Morgan fingerprint density at radius 1 is 1.27 bits per heavy atom. The van der Waals surface area contributed by atoms with Gasteiger partial charge in [-0.2, -0.15) is 5.10 Å². The maximum absolute atomic E-state index is 12.4. The maximum Gasteiger partial charge on any atom is 0.259 e. The molecule has 3 rings (SSSR count). The average Bonchev–Trinajstić information content (AvgIpc) is 3.18. The van der Waals surface area contributed by atoms with Crippen molar-refractivity contribution in [2.75, 3.05) is 24.3 Å². The van der Waals surface area contributed by atoms with Gasteiger partial charge in [0.15, 0.2) is 5.76 Å². The zero-order valence-electron chi connectivity index (χ0n) is 12.2. The van der Waals surface area contributed by atoms with E-state index in [4.69, 9.17) is 4.42 Å². The minimum absolute atomic E-state index is 0.278. The monoisotopic (exact) mass is 297 g/mol. The first-order chi connectivity index (χ1) is 10.6. The van der Waals surface area contributed by atoms with E-state index < -0.39 is 0 Å². The Kier molecular flexibility index (Phi) is 3.61. The topological polar surface area (TPSA) is 87.0 Å². The molecule has 3 heterocycles. The Bertz CT molecular complexity index is 760. The van der Waals surface area contributed by atoms with Gasteiger partial charge in [-0.15, -0.1) is 0 Å². The highest BCUT2D eigenvalue weighted by Crippen LogP contribution is 2.22. The van der Waals surface area contributed by atoms with Crippen LogP contribution in [0.25, 0.3) is 11.5 Å². The van der Waals surface area contributed by atoms with Crippen LogP contribution in [0.5, 0.6) is 0 Å². The van der Waals surface area contributed by atoms with Crippen molar-refractivity contribution in [2.45, 2.75) is 0 Å². The molecule has 0 spiro atoms. The normalized spacial score (nSPS) is 10.5. The summed E-state index contributed by atoms with van der Waals surface area (Å²) < 4.78 is 5.29. The van der Waals surface area contributed by atoms with Gasteiger partial charge in [-0.25, -0.2) is 4.98 Å². The van der Waals surface area contributed by atoms with E-state index in [1.807, 2.05) is 25.1 Å². The lowest BCUT2D eigenvalue weighted by atomic mass is 10.2.